The first-order chi connectivity index (χ1) is 11.1. The van der Waals surface area contributed by atoms with Crippen LogP contribution in [0.5, 0.6) is 0 Å². The SMILES string of the molecule is O=C(/C=C/c1ccc(Cl)c(Cl)c1)c1cccc(-n2cnnn2)c1. The van der Waals surface area contributed by atoms with Crippen molar-refractivity contribution in [3.05, 3.63) is 76.0 Å². The quantitative estimate of drug-likeness (QED) is 0.532. The highest BCUT2D eigenvalue weighted by Gasteiger charge is 2.05. The van der Waals surface area contributed by atoms with Gasteiger partial charge in [-0.3, -0.25) is 4.79 Å². The van der Waals surface area contributed by atoms with E-state index in [4.69, 9.17) is 23.2 Å². The van der Waals surface area contributed by atoms with Crippen LogP contribution in [0.3, 0.4) is 0 Å². The average molecular weight is 345 g/mol. The number of halogens is 2. The van der Waals surface area contributed by atoms with Gasteiger partial charge in [0.05, 0.1) is 15.7 Å². The first kappa shape index (κ1) is 15.4. The Morgan fingerprint density at radius 3 is 2.70 bits per heavy atom. The highest BCUT2D eigenvalue weighted by Crippen LogP contribution is 2.23. The monoisotopic (exact) mass is 344 g/mol. The lowest BCUT2D eigenvalue weighted by Crippen LogP contribution is -1.99. The molecule has 23 heavy (non-hydrogen) atoms. The molecule has 0 aliphatic carbocycles. The van der Waals surface area contributed by atoms with Crippen molar-refractivity contribution in [1.82, 2.24) is 20.2 Å². The van der Waals surface area contributed by atoms with Crippen LogP contribution in [0.2, 0.25) is 10.0 Å². The van der Waals surface area contributed by atoms with E-state index >= 15 is 0 Å². The molecule has 0 amide bonds. The van der Waals surface area contributed by atoms with Crippen LogP contribution in [0.4, 0.5) is 0 Å². The van der Waals surface area contributed by atoms with Gasteiger partial charge in [-0.25, -0.2) is 4.68 Å². The Hall–Kier alpha value is -2.50. The van der Waals surface area contributed by atoms with E-state index in [-0.39, 0.29) is 5.78 Å². The van der Waals surface area contributed by atoms with Crippen LogP contribution in [-0.4, -0.2) is 26.0 Å². The Kier molecular flexibility index (Phi) is 4.50. The van der Waals surface area contributed by atoms with Gasteiger partial charge >= 0.3 is 0 Å². The molecule has 0 radical (unpaired) electrons. The Morgan fingerprint density at radius 2 is 1.96 bits per heavy atom. The second-order valence-electron chi connectivity index (χ2n) is 4.68. The fourth-order valence-electron chi connectivity index (χ4n) is 1.97. The highest BCUT2D eigenvalue weighted by atomic mass is 35.5. The Morgan fingerprint density at radius 1 is 1.09 bits per heavy atom. The molecule has 0 saturated heterocycles. The van der Waals surface area contributed by atoms with Crippen LogP contribution < -0.4 is 0 Å². The number of benzene rings is 2. The van der Waals surface area contributed by atoms with Gasteiger partial charge in [-0.05, 0) is 46.3 Å². The predicted molar refractivity (Wildman–Crippen MR) is 89.0 cm³/mol. The molecule has 1 aromatic heterocycles. The lowest BCUT2D eigenvalue weighted by molar-refractivity contribution is 0.104. The van der Waals surface area contributed by atoms with Gasteiger partial charge in [-0.2, -0.15) is 0 Å². The number of hydrogen-bond donors (Lipinski definition) is 0. The third kappa shape index (κ3) is 3.64. The molecule has 0 saturated carbocycles. The molecule has 0 bridgehead atoms. The van der Waals surface area contributed by atoms with Gasteiger partial charge in [0.1, 0.15) is 6.33 Å². The van der Waals surface area contributed by atoms with Crippen molar-refractivity contribution in [2.24, 2.45) is 0 Å². The molecule has 0 fully saturated rings. The number of nitrogens with zero attached hydrogens (tertiary/aromatic N) is 4. The summed E-state index contributed by atoms with van der Waals surface area (Å²) in [5.74, 6) is -0.133. The zero-order valence-corrected chi connectivity index (χ0v) is 13.2. The molecular formula is C16H10Cl2N4O. The van der Waals surface area contributed by atoms with Crippen LogP contribution in [0.1, 0.15) is 15.9 Å². The fraction of sp³-hybridized carbons (Fsp3) is 0. The van der Waals surface area contributed by atoms with Crippen molar-refractivity contribution in [2.45, 2.75) is 0 Å². The fourth-order valence-corrected chi connectivity index (χ4v) is 2.27. The molecule has 5 nitrogen and oxygen atoms in total. The summed E-state index contributed by atoms with van der Waals surface area (Å²) in [7, 11) is 0. The van der Waals surface area contributed by atoms with Gasteiger partial charge in [0.25, 0.3) is 0 Å². The van der Waals surface area contributed by atoms with E-state index in [1.807, 2.05) is 6.07 Å². The average Bonchev–Trinajstić information content (AvgIpc) is 3.10. The molecular weight excluding hydrogens is 335 g/mol. The second kappa shape index (κ2) is 6.73. The minimum Gasteiger partial charge on any atom is -0.289 e. The maximum absolute atomic E-state index is 12.3. The lowest BCUT2D eigenvalue weighted by atomic mass is 10.1. The highest BCUT2D eigenvalue weighted by molar-refractivity contribution is 6.42. The van der Waals surface area contributed by atoms with Crippen LogP contribution in [0.15, 0.2) is 54.9 Å². The molecule has 3 aromatic rings. The molecule has 0 N–H and O–H groups in total. The largest absolute Gasteiger partial charge is 0.289 e. The molecule has 7 heteroatoms. The van der Waals surface area contributed by atoms with Crippen LogP contribution in [-0.2, 0) is 0 Å². The number of allylic oxidation sites excluding steroid dienone is 1. The Bertz CT molecular complexity index is 876. The summed E-state index contributed by atoms with van der Waals surface area (Å²) < 4.78 is 1.49. The summed E-state index contributed by atoms with van der Waals surface area (Å²) in [6.07, 6.45) is 4.64. The third-order valence-corrected chi connectivity index (χ3v) is 3.85. The van der Waals surface area contributed by atoms with Gasteiger partial charge in [0.15, 0.2) is 5.78 Å². The Labute approximate surface area is 142 Å². The summed E-state index contributed by atoms with van der Waals surface area (Å²) in [4.78, 5) is 12.3. The minimum atomic E-state index is -0.133. The number of aromatic nitrogens is 4. The Balaban J connectivity index is 1.82. The summed E-state index contributed by atoms with van der Waals surface area (Å²) >= 11 is 11.8. The zero-order valence-electron chi connectivity index (χ0n) is 11.7. The van der Waals surface area contributed by atoms with Crippen molar-refractivity contribution in [3.63, 3.8) is 0 Å². The summed E-state index contributed by atoms with van der Waals surface area (Å²) in [6.45, 7) is 0. The molecule has 1 heterocycles. The number of carbonyl (C=O) groups is 1. The van der Waals surface area contributed by atoms with E-state index in [0.717, 1.165) is 5.56 Å². The molecule has 0 aliphatic rings. The van der Waals surface area contributed by atoms with Crippen molar-refractivity contribution in [1.29, 1.82) is 0 Å². The molecule has 3 rings (SSSR count). The maximum atomic E-state index is 12.3. The second-order valence-corrected chi connectivity index (χ2v) is 5.49. The molecule has 0 unspecified atom stereocenters. The van der Waals surface area contributed by atoms with Crippen LogP contribution in [0, 0.1) is 0 Å². The number of hydrogen-bond acceptors (Lipinski definition) is 4. The summed E-state index contributed by atoms with van der Waals surface area (Å²) in [5.41, 5.74) is 2.04. The smallest absolute Gasteiger partial charge is 0.185 e. The van der Waals surface area contributed by atoms with Gasteiger partial charge in [0.2, 0.25) is 0 Å². The lowest BCUT2D eigenvalue weighted by Gasteiger charge is -2.01. The molecule has 0 spiro atoms. The molecule has 2 aromatic carbocycles. The topological polar surface area (TPSA) is 60.7 Å². The third-order valence-electron chi connectivity index (χ3n) is 3.12. The number of tetrazole rings is 1. The first-order valence-corrected chi connectivity index (χ1v) is 7.40. The zero-order chi connectivity index (χ0) is 16.2. The van der Waals surface area contributed by atoms with E-state index in [9.17, 15) is 4.79 Å². The van der Waals surface area contributed by atoms with Crippen LogP contribution >= 0.6 is 23.2 Å². The van der Waals surface area contributed by atoms with Crippen LogP contribution in [0.25, 0.3) is 11.8 Å². The maximum Gasteiger partial charge on any atom is 0.185 e. The number of ketones is 1. The molecule has 0 atom stereocenters. The number of carbonyl (C=O) groups excluding carboxylic acids is 1. The van der Waals surface area contributed by atoms with Gasteiger partial charge in [0, 0.05) is 5.56 Å². The van der Waals surface area contributed by atoms with Crippen molar-refractivity contribution >= 4 is 35.1 Å². The van der Waals surface area contributed by atoms with E-state index in [1.54, 1.807) is 42.5 Å². The molecule has 114 valence electrons. The predicted octanol–water partition coefficient (Wildman–Crippen LogP) is 3.87. The van der Waals surface area contributed by atoms with Gasteiger partial charge in [-0.1, -0.05) is 47.5 Å². The van der Waals surface area contributed by atoms with E-state index in [2.05, 4.69) is 15.5 Å². The van der Waals surface area contributed by atoms with E-state index in [0.29, 0.717) is 21.3 Å². The standard InChI is InChI=1S/C16H10Cl2N4O/c17-14-6-4-11(8-15(14)18)5-7-16(23)12-2-1-3-13(9-12)22-10-19-20-21-22/h1-10H/b7-5+. The van der Waals surface area contributed by atoms with Gasteiger partial charge < -0.3 is 0 Å². The van der Waals surface area contributed by atoms with Crippen molar-refractivity contribution < 1.29 is 4.79 Å². The van der Waals surface area contributed by atoms with Crippen molar-refractivity contribution in [2.75, 3.05) is 0 Å². The number of rotatable bonds is 4. The molecule has 0 aliphatic heterocycles. The van der Waals surface area contributed by atoms with E-state index in [1.165, 1.54) is 17.1 Å². The summed E-state index contributed by atoms with van der Waals surface area (Å²) in [6, 6.07) is 12.2. The first-order valence-electron chi connectivity index (χ1n) is 6.64. The minimum absolute atomic E-state index is 0.133. The van der Waals surface area contributed by atoms with E-state index < -0.39 is 0 Å². The van der Waals surface area contributed by atoms with Crippen molar-refractivity contribution in [3.8, 4) is 5.69 Å². The summed E-state index contributed by atoms with van der Waals surface area (Å²) in [5, 5.41) is 11.9. The normalized spacial score (nSPS) is 11.0. The van der Waals surface area contributed by atoms with Gasteiger partial charge in [-0.15, -0.1) is 5.10 Å².